The quantitative estimate of drug-likeness (QED) is 0.616. The standard InChI is InChI=1S/C18H17ClN2/c1-12-2-9-17-16(10-12)20-18(21(17)15-7-8-15)14-5-3-13(11-19)4-6-14/h2-6,9-10,15H,7-8,11H2,1H3. The molecule has 2 aromatic carbocycles. The number of rotatable bonds is 3. The lowest BCUT2D eigenvalue weighted by atomic mass is 10.1. The summed E-state index contributed by atoms with van der Waals surface area (Å²) in [7, 11) is 0. The average Bonchev–Trinajstić information content (AvgIpc) is 3.28. The SMILES string of the molecule is Cc1ccc2c(c1)nc(-c1ccc(CCl)cc1)n2C1CC1. The molecule has 0 saturated heterocycles. The fourth-order valence-electron chi connectivity index (χ4n) is 2.86. The lowest BCUT2D eigenvalue weighted by Crippen LogP contribution is -1.97. The van der Waals surface area contributed by atoms with Crippen LogP contribution < -0.4 is 0 Å². The maximum atomic E-state index is 5.88. The van der Waals surface area contributed by atoms with Crippen molar-refractivity contribution in [2.75, 3.05) is 0 Å². The predicted octanol–water partition coefficient (Wildman–Crippen LogP) is 5.09. The van der Waals surface area contributed by atoms with E-state index in [2.05, 4.69) is 54.0 Å². The molecular formula is C18H17ClN2. The maximum absolute atomic E-state index is 5.88. The second-order valence-corrected chi connectivity index (χ2v) is 6.13. The van der Waals surface area contributed by atoms with Crippen LogP contribution in [-0.4, -0.2) is 9.55 Å². The summed E-state index contributed by atoms with van der Waals surface area (Å²) in [4.78, 5) is 4.89. The number of aryl methyl sites for hydroxylation is 1. The van der Waals surface area contributed by atoms with E-state index < -0.39 is 0 Å². The third-order valence-electron chi connectivity index (χ3n) is 4.12. The first-order chi connectivity index (χ1) is 10.3. The summed E-state index contributed by atoms with van der Waals surface area (Å²) < 4.78 is 2.41. The summed E-state index contributed by atoms with van der Waals surface area (Å²) in [5, 5.41) is 0. The normalized spacial score (nSPS) is 14.8. The number of imidazole rings is 1. The van der Waals surface area contributed by atoms with Gasteiger partial charge in [-0.25, -0.2) is 4.98 Å². The van der Waals surface area contributed by atoms with E-state index in [0.29, 0.717) is 11.9 Å². The van der Waals surface area contributed by atoms with Crippen molar-refractivity contribution in [3.8, 4) is 11.4 Å². The van der Waals surface area contributed by atoms with Gasteiger partial charge in [0.15, 0.2) is 0 Å². The fraction of sp³-hybridized carbons (Fsp3) is 0.278. The summed E-state index contributed by atoms with van der Waals surface area (Å²) >= 11 is 5.88. The maximum Gasteiger partial charge on any atom is 0.141 e. The molecule has 1 fully saturated rings. The van der Waals surface area contributed by atoms with Gasteiger partial charge in [-0.1, -0.05) is 30.3 Å². The van der Waals surface area contributed by atoms with Crippen LogP contribution in [0, 0.1) is 6.92 Å². The molecule has 3 heteroatoms. The first-order valence-electron chi connectivity index (χ1n) is 7.40. The van der Waals surface area contributed by atoms with Crippen molar-refractivity contribution in [1.82, 2.24) is 9.55 Å². The minimum atomic E-state index is 0.554. The van der Waals surface area contributed by atoms with Crippen LogP contribution >= 0.6 is 11.6 Å². The van der Waals surface area contributed by atoms with E-state index in [1.807, 2.05) is 0 Å². The molecule has 2 nitrogen and oxygen atoms in total. The highest BCUT2D eigenvalue weighted by Crippen LogP contribution is 2.41. The third-order valence-corrected chi connectivity index (χ3v) is 4.43. The molecule has 1 aliphatic rings. The zero-order valence-corrected chi connectivity index (χ0v) is 12.8. The van der Waals surface area contributed by atoms with Gasteiger partial charge in [0, 0.05) is 17.5 Å². The number of nitrogens with zero attached hydrogens (tertiary/aromatic N) is 2. The number of halogens is 1. The van der Waals surface area contributed by atoms with Crippen LogP contribution in [0.25, 0.3) is 22.4 Å². The average molecular weight is 297 g/mol. The van der Waals surface area contributed by atoms with Crippen molar-refractivity contribution in [1.29, 1.82) is 0 Å². The van der Waals surface area contributed by atoms with Crippen molar-refractivity contribution >= 4 is 22.6 Å². The zero-order valence-electron chi connectivity index (χ0n) is 12.0. The minimum absolute atomic E-state index is 0.554. The van der Waals surface area contributed by atoms with E-state index in [4.69, 9.17) is 16.6 Å². The van der Waals surface area contributed by atoms with Crippen LogP contribution in [0.2, 0.25) is 0 Å². The monoisotopic (exact) mass is 296 g/mol. The largest absolute Gasteiger partial charge is 0.321 e. The Morgan fingerprint density at radius 2 is 1.90 bits per heavy atom. The molecule has 106 valence electrons. The molecule has 0 bridgehead atoms. The van der Waals surface area contributed by atoms with Gasteiger partial charge in [0.1, 0.15) is 5.82 Å². The Balaban J connectivity index is 1.91. The summed E-state index contributed by atoms with van der Waals surface area (Å²) in [6, 6.07) is 15.6. The van der Waals surface area contributed by atoms with Crippen LogP contribution in [0.1, 0.15) is 30.0 Å². The van der Waals surface area contributed by atoms with E-state index in [1.54, 1.807) is 0 Å². The number of alkyl halides is 1. The molecule has 0 unspecified atom stereocenters. The molecule has 1 saturated carbocycles. The highest BCUT2D eigenvalue weighted by Gasteiger charge is 2.28. The first kappa shape index (κ1) is 12.9. The fourth-order valence-corrected chi connectivity index (χ4v) is 3.04. The predicted molar refractivity (Wildman–Crippen MR) is 87.7 cm³/mol. The molecule has 21 heavy (non-hydrogen) atoms. The molecule has 0 aliphatic heterocycles. The summed E-state index contributed by atoms with van der Waals surface area (Å²) in [6.07, 6.45) is 2.51. The Labute approximate surface area is 129 Å². The van der Waals surface area contributed by atoms with Crippen molar-refractivity contribution in [2.24, 2.45) is 0 Å². The highest BCUT2D eigenvalue weighted by atomic mass is 35.5. The van der Waals surface area contributed by atoms with E-state index in [1.165, 1.54) is 29.5 Å². The van der Waals surface area contributed by atoms with Crippen molar-refractivity contribution in [3.63, 3.8) is 0 Å². The lowest BCUT2D eigenvalue weighted by molar-refractivity contribution is 0.775. The van der Waals surface area contributed by atoms with Crippen LogP contribution in [0.15, 0.2) is 42.5 Å². The Morgan fingerprint density at radius 3 is 2.57 bits per heavy atom. The zero-order chi connectivity index (χ0) is 14.4. The Hall–Kier alpha value is -1.80. The third kappa shape index (κ3) is 2.24. The Kier molecular flexibility index (Phi) is 3.00. The van der Waals surface area contributed by atoms with Gasteiger partial charge in [0.2, 0.25) is 0 Å². The second-order valence-electron chi connectivity index (χ2n) is 5.86. The van der Waals surface area contributed by atoms with Gasteiger partial charge in [-0.3, -0.25) is 0 Å². The van der Waals surface area contributed by atoms with Gasteiger partial charge < -0.3 is 4.57 Å². The van der Waals surface area contributed by atoms with Gasteiger partial charge in [-0.15, -0.1) is 11.6 Å². The number of hydrogen-bond acceptors (Lipinski definition) is 1. The molecule has 4 rings (SSSR count). The Morgan fingerprint density at radius 1 is 1.14 bits per heavy atom. The molecule has 1 aromatic heterocycles. The molecule has 0 N–H and O–H groups in total. The van der Waals surface area contributed by atoms with Crippen LogP contribution in [0.4, 0.5) is 0 Å². The number of hydrogen-bond donors (Lipinski definition) is 0. The highest BCUT2D eigenvalue weighted by molar-refractivity contribution is 6.17. The molecule has 1 aliphatic carbocycles. The van der Waals surface area contributed by atoms with Gasteiger partial charge in [-0.2, -0.15) is 0 Å². The summed E-state index contributed by atoms with van der Waals surface area (Å²) in [5.41, 5.74) is 5.92. The smallest absolute Gasteiger partial charge is 0.141 e. The number of benzene rings is 2. The Bertz CT molecular complexity index is 798. The van der Waals surface area contributed by atoms with Crippen molar-refractivity contribution in [3.05, 3.63) is 53.6 Å². The van der Waals surface area contributed by atoms with E-state index in [-0.39, 0.29) is 0 Å². The lowest BCUT2D eigenvalue weighted by Gasteiger charge is -2.08. The summed E-state index contributed by atoms with van der Waals surface area (Å²) in [6.45, 7) is 2.12. The molecule has 1 heterocycles. The van der Waals surface area contributed by atoms with E-state index >= 15 is 0 Å². The molecule has 0 amide bonds. The van der Waals surface area contributed by atoms with Crippen LogP contribution in [-0.2, 0) is 5.88 Å². The number of aromatic nitrogens is 2. The minimum Gasteiger partial charge on any atom is -0.321 e. The van der Waals surface area contributed by atoms with Crippen molar-refractivity contribution < 1.29 is 0 Å². The van der Waals surface area contributed by atoms with Gasteiger partial charge in [0.25, 0.3) is 0 Å². The van der Waals surface area contributed by atoms with Gasteiger partial charge >= 0.3 is 0 Å². The van der Waals surface area contributed by atoms with E-state index in [9.17, 15) is 0 Å². The molecule has 0 radical (unpaired) electrons. The molecule has 3 aromatic rings. The van der Waals surface area contributed by atoms with Crippen LogP contribution in [0.5, 0.6) is 0 Å². The number of fused-ring (bicyclic) bond motifs is 1. The molecular weight excluding hydrogens is 280 g/mol. The molecule has 0 atom stereocenters. The van der Waals surface area contributed by atoms with Crippen LogP contribution in [0.3, 0.4) is 0 Å². The topological polar surface area (TPSA) is 17.8 Å². The second kappa shape index (κ2) is 4.88. The molecule has 0 spiro atoms. The van der Waals surface area contributed by atoms with E-state index in [0.717, 1.165) is 16.9 Å². The van der Waals surface area contributed by atoms with Gasteiger partial charge in [0.05, 0.1) is 11.0 Å². The van der Waals surface area contributed by atoms with Crippen molar-refractivity contribution in [2.45, 2.75) is 31.7 Å². The summed E-state index contributed by atoms with van der Waals surface area (Å²) in [5.74, 6) is 1.64. The van der Waals surface area contributed by atoms with Gasteiger partial charge in [-0.05, 0) is 43.0 Å². The first-order valence-corrected chi connectivity index (χ1v) is 7.93.